The number of ether oxygens (including phenoxy) is 3. The Balaban J connectivity index is 1.58. The standard InChI is InChI=1S/C20H22N2O5/c1-25-17-8-6-15(10-18(17)27-11-19(21)23)22-20(24)12-26-16-7-5-13-3-2-4-14(13)9-16/h5-10H,2-4,11-12H2,1H3,(H2,21,23)(H,22,24). The van der Waals surface area contributed by atoms with Gasteiger partial charge in [0.25, 0.3) is 11.8 Å². The summed E-state index contributed by atoms with van der Waals surface area (Å²) in [5, 5.41) is 2.73. The van der Waals surface area contributed by atoms with E-state index in [0.717, 1.165) is 19.3 Å². The van der Waals surface area contributed by atoms with Crippen LogP contribution in [0.25, 0.3) is 0 Å². The lowest BCUT2D eigenvalue weighted by molar-refractivity contribution is -0.120. The predicted octanol–water partition coefficient (Wildman–Crippen LogP) is 2.07. The van der Waals surface area contributed by atoms with Gasteiger partial charge in [0.05, 0.1) is 7.11 Å². The second-order valence-corrected chi connectivity index (χ2v) is 6.24. The number of rotatable bonds is 8. The number of carbonyl (C=O) groups excluding carboxylic acids is 2. The molecule has 0 bridgehead atoms. The summed E-state index contributed by atoms with van der Waals surface area (Å²) in [5.41, 5.74) is 8.23. The highest BCUT2D eigenvalue weighted by Crippen LogP contribution is 2.30. The monoisotopic (exact) mass is 370 g/mol. The SMILES string of the molecule is COc1ccc(NC(=O)COc2ccc3c(c2)CCC3)cc1OCC(N)=O. The summed E-state index contributed by atoms with van der Waals surface area (Å²) < 4.78 is 16.1. The van der Waals surface area contributed by atoms with Crippen molar-refractivity contribution in [2.45, 2.75) is 19.3 Å². The normalized spacial score (nSPS) is 12.2. The van der Waals surface area contributed by atoms with Crippen molar-refractivity contribution in [3.8, 4) is 17.2 Å². The predicted molar refractivity (Wildman–Crippen MR) is 100 cm³/mol. The lowest BCUT2D eigenvalue weighted by Crippen LogP contribution is -2.21. The van der Waals surface area contributed by atoms with Gasteiger partial charge in [-0.05, 0) is 54.7 Å². The molecule has 0 fully saturated rings. The van der Waals surface area contributed by atoms with Crippen molar-refractivity contribution in [1.29, 1.82) is 0 Å². The van der Waals surface area contributed by atoms with Gasteiger partial charge in [-0.3, -0.25) is 9.59 Å². The van der Waals surface area contributed by atoms with Crippen LogP contribution in [0.1, 0.15) is 17.5 Å². The van der Waals surface area contributed by atoms with Crippen molar-refractivity contribution in [1.82, 2.24) is 0 Å². The second-order valence-electron chi connectivity index (χ2n) is 6.24. The highest BCUT2D eigenvalue weighted by atomic mass is 16.5. The number of fused-ring (bicyclic) bond motifs is 1. The van der Waals surface area contributed by atoms with Crippen molar-refractivity contribution < 1.29 is 23.8 Å². The molecule has 1 aliphatic carbocycles. The first-order valence-electron chi connectivity index (χ1n) is 8.69. The van der Waals surface area contributed by atoms with Crippen LogP contribution < -0.4 is 25.3 Å². The maximum absolute atomic E-state index is 12.2. The van der Waals surface area contributed by atoms with Crippen LogP contribution in [0.15, 0.2) is 36.4 Å². The molecule has 0 aliphatic heterocycles. The van der Waals surface area contributed by atoms with Gasteiger partial charge in [0, 0.05) is 11.8 Å². The van der Waals surface area contributed by atoms with E-state index in [1.165, 1.54) is 18.2 Å². The van der Waals surface area contributed by atoms with Gasteiger partial charge in [0.2, 0.25) is 0 Å². The average molecular weight is 370 g/mol. The van der Waals surface area contributed by atoms with Crippen LogP contribution in [0.4, 0.5) is 5.69 Å². The van der Waals surface area contributed by atoms with E-state index >= 15 is 0 Å². The number of hydrogen-bond donors (Lipinski definition) is 2. The van der Waals surface area contributed by atoms with Gasteiger partial charge in [0.1, 0.15) is 5.75 Å². The zero-order chi connectivity index (χ0) is 19.2. The first kappa shape index (κ1) is 18.6. The Morgan fingerprint density at radius 1 is 1.00 bits per heavy atom. The number of anilines is 1. The van der Waals surface area contributed by atoms with Crippen molar-refractivity contribution >= 4 is 17.5 Å². The first-order chi connectivity index (χ1) is 13.0. The van der Waals surface area contributed by atoms with Crippen LogP contribution in [0, 0.1) is 0 Å². The molecular weight excluding hydrogens is 348 g/mol. The minimum Gasteiger partial charge on any atom is -0.493 e. The molecule has 3 N–H and O–H groups in total. The Kier molecular flexibility index (Phi) is 5.80. The Hall–Kier alpha value is -3.22. The van der Waals surface area contributed by atoms with E-state index in [2.05, 4.69) is 11.4 Å². The van der Waals surface area contributed by atoms with Gasteiger partial charge in [-0.25, -0.2) is 0 Å². The molecule has 7 nitrogen and oxygen atoms in total. The fourth-order valence-corrected chi connectivity index (χ4v) is 3.00. The zero-order valence-corrected chi connectivity index (χ0v) is 15.1. The van der Waals surface area contributed by atoms with Crippen LogP contribution >= 0.6 is 0 Å². The molecule has 0 aromatic heterocycles. The van der Waals surface area contributed by atoms with Crippen LogP contribution in [0.2, 0.25) is 0 Å². The van der Waals surface area contributed by atoms with Crippen LogP contribution in [-0.4, -0.2) is 32.1 Å². The molecule has 0 heterocycles. The number of carbonyl (C=O) groups is 2. The van der Waals surface area contributed by atoms with E-state index in [-0.39, 0.29) is 19.1 Å². The number of benzene rings is 2. The largest absolute Gasteiger partial charge is 0.493 e. The number of aryl methyl sites for hydroxylation is 2. The molecule has 2 amide bonds. The molecule has 2 aromatic rings. The van der Waals surface area contributed by atoms with E-state index in [1.807, 2.05) is 12.1 Å². The number of primary amides is 1. The van der Waals surface area contributed by atoms with Gasteiger partial charge in [0.15, 0.2) is 24.7 Å². The fourth-order valence-electron chi connectivity index (χ4n) is 3.00. The number of nitrogens with two attached hydrogens (primary N) is 1. The first-order valence-corrected chi connectivity index (χ1v) is 8.69. The van der Waals surface area contributed by atoms with Gasteiger partial charge in [-0.1, -0.05) is 6.07 Å². The summed E-state index contributed by atoms with van der Waals surface area (Å²) in [6.45, 7) is -0.391. The summed E-state index contributed by atoms with van der Waals surface area (Å²) in [6, 6.07) is 10.8. The van der Waals surface area contributed by atoms with Gasteiger partial charge < -0.3 is 25.3 Å². The van der Waals surface area contributed by atoms with Crippen molar-refractivity contribution in [2.24, 2.45) is 5.73 Å². The summed E-state index contributed by atoms with van der Waals surface area (Å²) in [5.74, 6) is 0.527. The lowest BCUT2D eigenvalue weighted by Gasteiger charge is -2.12. The molecule has 0 saturated heterocycles. The number of amides is 2. The zero-order valence-electron chi connectivity index (χ0n) is 15.1. The molecule has 1 aliphatic rings. The highest BCUT2D eigenvalue weighted by molar-refractivity contribution is 5.92. The summed E-state index contributed by atoms with van der Waals surface area (Å²) in [6.07, 6.45) is 3.32. The molecule has 0 atom stereocenters. The molecule has 0 radical (unpaired) electrons. The molecule has 27 heavy (non-hydrogen) atoms. The molecule has 2 aromatic carbocycles. The smallest absolute Gasteiger partial charge is 0.262 e. The van der Waals surface area contributed by atoms with Gasteiger partial charge in [-0.2, -0.15) is 0 Å². The minimum atomic E-state index is -0.603. The molecular formula is C20H22N2O5. The quantitative estimate of drug-likeness (QED) is 0.741. The summed E-state index contributed by atoms with van der Waals surface area (Å²) in [4.78, 5) is 23.1. The maximum atomic E-state index is 12.2. The highest BCUT2D eigenvalue weighted by Gasteiger charge is 2.13. The van der Waals surface area contributed by atoms with Crippen molar-refractivity contribution in [3.63, 3.8) is 0 Å². The van der Waals surface area contributed by atoms with Gasteiger partial charge >= 0.3 is 0 Å². The Labute approximate surface area is 157 Å². The topological polar surface area (TPSA) is 99.9 Å². The molecule has 3 rings (SSSR count). The van der Waals surface area contributed by atoms with Crippen LogP contribution in [0.5, 0.6) is 17.2 Å². The molecule has 0 saturated carbocycles. The maximum Gasteiger partial charge on any atom is 0.262 e. The van der Waals surface area contributed by atoms with Gasteiger partial charge in [-0.15, -0.1) is 0 Å². The van der Waals surface area contributed by atoms with Crippen molar-refractivity contribution in [3.05, 3.63) is 47.5 Å². The molecule has 0 unspecified atom stereocenters. The average Bonchev–Trinajstić information content (AvgIpc) is 3.12. The third-order valence-corrected chi connectivity index (χ3v) is 4.26. The number of methoxy groups -OCH3 is 1. The van der Waals surface area contributed by atoms with Crippen molar-refractivity contribution in [2.75, 3.05) is 25.6 Å². The van der Waals surface area contributed by atoms with E-state index in [1.54, 1.807) is 18.2 Å². The van der Waals surface area contributed by atoms with E-state index < -0.39 is 5.91 Å². The fraction of sp³-hybridized carbons (Fsp3) is 0.300. The summed E-state index contributed by atoms with van der Waals surface area (Å²) in [7, 11) is 1.48. The Morgan fingerprint density at radius 3 is 2.59 bits per heavy atom. The Morgan fingerprint density at radius 2 is 1.81 bits per heavy atom. The third kappa shape index (κ3) is 4.91. The van der Waals surface area contributed by atoms with E-state index in [9.17, 15) is 9.59 Å². The molecule has 7 heteroatoms. The second kappa shape index (κ2) is 8.44. The Bertz CT molecular complexity index is 850. The molecule has 142 valence electrons. The minimum absolute atomic E-state index is 0.109. The lowest BCUT2D eigenvalue weighted by atomic mass is 10.1. The van der Waals surface area contributed by atoms with E-state index in [0.29, 0.717) is 22.9 Å². The van der Waals surface area contributed by atoms with Crippen LogP contribution in [-0.2, 0) is 22.4 Å². The third-order valence-electron chi connectivity index (χ3n) is 4.26. The number of nitrogens with one attached hydrogen (secondary N) is 1. The van der Waals surface area contributed by atoms with Crippen LogP contribution in [0.3, 0.4) is 0 Å². The number of hydrogen-bond acceptors (Lipinski definition) is 5. The van der Waals surface area contributed by atoms with E-state index in [4.69, 9.17) is 19.9 Å². The molecule has 0 spiro atoms. The summed E-state index contributed by atoms with van der Waals surface area (Å²) >= 11 is 0.